The van der Waals surface area contributed by atoms with Crippen molar-refractivity contribution in [1.82, 2.24) is 9.55 Å². The van der Waals surface area contributed by atoms with Gasteiger partial charge in [0.2, 0.25) is 0 Å². The molecule has 0 saturated carbocycles. The van der Waals surface area contributed by atoms with Crippen LogP contribution in [0.2, 0.25) is 0 Å². The van der Waals surface area contributed by atoms with Crippen LogP contribution < -0.4 is 0 Å². The third-order valence-corrected chi connectivity index (χ3v) is 9.03. The van der Waals surface area contributed by atoms with Gasteiger partial charge in [-0.2, -0.15) is 0 Å². The van der Waals surface area contributed by atoms with Crippen LogP contribution >= 0.6 is 11.3 Å². The van der Waals surface area contributed by atoms with Crippen LogP contribution in [-0.4, -0.2) is 9.55 Å². The maximum absolute atomic E-state index is 6.25. The Labute approximate surface area is 227 Å². The van der Waals surface area contributed by atoms with Crippen molar-refractivity contribution in [2.75, 3.05) is 0 Å². The van der Waals surface area contributed by atoms with E-state index in [1.54, 1.807) is 11.3 Å². The fraction of sp³-hybridized carbons (Fsp3) is 0. The molecule has 182 valence electrons. The summed E-state index contributed by atoms with van der Waals surface area (Å²) in [5.41, 5.74) is 7.79. The average Bonchev–Trinajstić information content (AvgIpc) is 3.66. The second-order valence-electron chi connectivity index (χ2n) is 9.98. The quantitative estimate of drug-likeness (QED) is 0.229. The van der Waals surface area contributed by atoms with Crippen LogP contribution in [-0.2, 0) is 0 Å². The van der Waals surface area contributed by atoms with Crippen molar-refractivity contribution >= 4 is 75.3 Å². The highest BCUT2D eigenvalue weighted by Gasteiger charge is 2.19. The summed E-state index contributed by atoms with van der Waals surface area (Å²) in [6.07, 6.45) is 3.85. The van der Waals surface area contributed by atoms with Crippen LogP contribution in [0.5, 0.6) is 0 Å². The largest absolute Gasteiger partial charge is 0.456 e. The van der Waals surface area contributed by atoms with Crippen LogP contribution in [0.3, 0.4) is 0 Å². The molecular formula is C35H20N2OS. The van der Waals surface area contributed by atoms with E-state index in [0.29, 0.717) is 0 Å². The van der Waals surface area contributed by atoms with Crippen molar-refractivity contribution in [2.45, 2.75) is 0 Å². The first kappa shape index (κ1) is 21.1. The van der Waals surface area contributed by atoms with E-state index in [9.17, 15) is 0 Å². The average molecular weight is 517 g/mol. The summed E-state index contributed by atoms with van der Waals surface area (Å²) in [7, 11) is 0. The van der Waals surface area contributed by atoms with Crippen molar-refractivity contribution in [3.8, 4) is 16.8 Å². The summed E-state index contributed by atoms with van der Waals surface area (Å²) in [4.78, 5) is 4.34. The number of benzene rings is 5. The van der Waals surface area contributed by atoms with Gasteiger partial charge in [-0.25, -0.2) is 0 Å². The van der Waals surface area contributed by atoms with Gasteiger partial charge in [-0.05, 0) is 59.7 Å². The molecule has 3 nitrogen and oxygen atoms in total. The van der Waals surface area contributed by atoms with Crippen LogP contribution in [0.15, 0.2) is 126 Å². The molecule has 4 heterocycles. The van der Waals surface area contributed by atoms with Gasteiger partial charge in [0.1, 0.15) is 11.2 Å². The van der Waals surface area contributed by atoms with Gasteiger partial charge in [-0.1, -0.05) is 60.7 Å². The van der Waals surface area contributed by atoms with Crippen molar-refractivity contribution in [2.24, 2.45) is 0 Å². The highest BCUT2D eigenvalue weighted by molar-refractivity contribution is 7.25. The number of para-hydroxylation sites is 2. The van der Waals surface area contributed by atoms with Gasteiger partial charge in [-0.3, -0.25) is 4.98 Å². The van der Waals surface area contributed by atoms with E-state index < -0.39 is 0 Å². The van der Waals surface area contributed by atoms with E-state index in [2.05, 4.69) is 107 Å². The first-order valence-electron chi connectivity index (χ1n) is 13.0. The second kappa shape index (κ2) is 7.79. The Kier molecular flexibility index (Phi) is 4.21. The van der Waals surface area contributed by atoms with Gasteiger partial charge in [0.15, 0.2) is 0 Å². The number of rotatable bonds is 2. The summed E-state index contributed by atoms with van der Waals surface area (Å²) in [5, 5.41) is 7.33. The minimum absolute atomic E-state index is 0.915. The number of nitrogens with zero attached hydrogens (tertiary/aromatic N) is 2. The van der Waals surface area contributed by atoms with E-state index in [1.165, 1.54) is 53.1 Å². The number of aromatic nitrogens is 2. The van der Waals surface area contributed by atoms with Crippen molar-refractivity contribution in [3.05, 3.63) is 122 Å². The molecule has 0 bridgehead atoms. The molecule has 0 amide bonds. The Morgan fingerprint density at radius 2 is 1.33 bits per heavy atom. The summed E-state index contributed by atoms with van der Waals surface area (Å²) in [5.74, 6) is 0. The second-order valence-corrected chi connectivity index (χ2v) is 11.1. The molecule has 0 fully saturated rings. The topological polar surface area (TPSA) is 31.0 Å². The number of thiophene rings is 1. The predicted molar refractivity (Wildman–Crippen MR) is 164 cm³/mol. The van der Waals surface area contributed by atoms with E-state index in [-0.39, 0.29) is 0 Å². The number of fused-ring (bicyclic) bond motifs is 9. The number of hydrogen-bond donors (Lipinski definition) is 0. The van der Waals surface area contributed by atoms with Crippen molar-refractivity contribution < 1.29 is 4.42 Å². The highest BCUT2D eigenvalue weighted by Crippen LogP contribution is 2.43. The zero-order chi connectivity index (χ0) is 25.5. The van der Waals surface area contributed by atoms with Crippen LogP contribution in [0, 0.1) is 0 Å². The third-order valence-electron chi connectivity index (χ3n) is 7.91. The SMILES string of the molecule is c1ccc2c(c1)oc1cccc(-c3cccc4c3c3ccccc3n4-c3ccc4sc5cnccc5c4c3)c12. The molecule has 5 aromatic carbocycles. The summed E-state index contributed by atoms with van der Waals surface area (Å²) in [6, 6.07) is 39.1. The maximum atomic E-state index is 6.25. The molecule has 0 aliphatic carbocycles. The summed E-state index contributed by atoms with van der Waals surface area (Å²) < 4.78 is 11.2. The normalized spacial score (nSPS) is 12.1. The molecule has 0 atom stereocenters. The van der Waals surface area contributed by atoms with Crippen LogP contribution in [0.4, 0.5) is 0 Å². The first-order valence-corrected chi connectivity index (χ1v) is 13.9. The molecule has 9 aromatic rings. The molecule has 0 saturated heterocycles. The smallest absolute Gasteiger partial charge is 0.136 e. The van der Waals surface area contributed by atoms with E-state index >= 15 is 0 Å². The molecule has 0 aliphatic rings. The van der Waals surface area contributed by atoms with Gasteiger partial charge in [0.25, 0.3) is 0 Å². The molecule has 0 spiro atoms. The number of hydrogen-bond acceptors (Lipinski definition) is 3. The Hall–Kier alpha value is -4.93. The predicted octanol–water partition coefficient (Wildman–Crippen LogP) is 10.1. The highest BCUT2D eigenvalue weighted by atomic mass is 32.1. The third kappa shape index (κ3) is 2.89. The van der Waals surface area contributed by atoms with Gasteiger partial charge in [0.05, 0.1) is 15.7 Å². The zero-order valence-corrected chi connectivity index (χ0v) is 21.6. The lowest BCUT2D eigenvalue weighted by Crippen LogP contribution is -1.93. The molecule has 39 heavy (non-hydrogen) atoms. The molecule has 0 N–H and O–H groups in total. The zero-order valence-electron chi connectivity index (χ0n) is 20.8. The van der Waals surface area contributed by atoms with Crippen LogP contribution in [0.25, 0.3) is 80.7 Å². The van der Waals surface area contributed by atoms with Gasteiger partial charge in [0, 0.05) is 55.1 Å². The molecular weight excluding hydrogens is 496 g/mol. The number of pyridine rings is 1. The Morgan fingerprint density at radius 1 is 0.564 bits per heavy atom. The summed E-state index contributed by atoms with van der Waals surface area (Å²) >= 11 is 1.80. The van der Waals surface area contributed by atoms with Gasteiger partial charge < -0.3 is 8.98 Å². The Balaban J connectivity index is 1.39. The molecule has 0 unspecified atom stereocenters. The van der Waals surface area contributed by atoms with Crippen LogP contribution in [0.1, 0.15) is 0 Å². The minimum Gasteiger partial charge on any atom is -0.456 e. The van der Waals surface area contributed by atoms with Crippen molar-refractivity contribution in [1.29, 1.82) is 0 Å². The molecule has 0 aliphatic heterocycles. The van der Waals surface area contributed by atoms with Gasteiger partial charge >= 0.3 is 0 Å². The monoisotopic (exact) mass is 516 g/mol. The van der Waals surface area contributed by atoms with E-state index in [1.807, 2.05) is 24.5 Å². The van der Waals surface area contributed by atoms with E-state index in [4.69, 9.17) is 4.42 Å². The number of furan rings is 1. The Morgan fingerprint density at radius 3 is 2.28 bits per heavy atom. The van der Waals surface area contributed by atoms with E-state index in [0.717, 1.165) is 27.6 Å². The fourth-order valence-electron chi connectivity index (χ4n) is 6.28. The maximum Gasteiger partial charge on any atom is 0.136 e. The lowest BCUT2D eigenvalue weighted by molar-refractivity contribution is 0.669. The standard InChI is InChI=1S/C35H20N2OS/c1-3-11-28-25(7-1)34-23(24-10-6-14-31-35(24)26-8-2-4-13-30(26)38-31)9-5-12-29(34)37(28)21-15-16-32-27(19-21)22-17-18-36-20-33(22)39-32/h1-20H. The lowest BCUT2D eigenvalue weighted by Gasteiger charge is -2.10. The summed E-state index contributed by atoms with van der Waals surface area (Å²) in [6.45, 7) is 0. The Bertz CT molecular complexity index is 2410. The molecule has 9 rings (SSSR count). The molecule has 4 heteroatoms. The van der Waals surface area contributed by atoms with Crippen molar-refractivity contribution in [3.63, 3.8) is 0 Å². The lowest BCUT2D eigenvalue weighted by atomic mass is 9.95. The molecule has 0 radical (unpaired) electrons. The minimum atomic E-state index is 0.915. The first-order chi connectivity index (χ1) is 19.3. The molecule has 4 aromatic heterocycles. The van der Waals surface area contributed by atoms with Gasteiger partial charge in [-0.15, -0.1) is 11.3 Å². The fourth-order valence-corrected chi connectivity index (χ4v) is 7.33.